The summed E-state index contributed by atoms with van der Waals surface area (Å²) in [4.78, 5) is 0.256. The molecule has 1 aromatic carbocycles. The molecule has 19 heavy (non-hydrogen) atoms. The van der Waals surface area contributed by atoms with Gasteiger partial charge in [-0.1, -0.05) is 5.10 Å². The third-order valence-electron chi connectivity index (χ3n) is 2.31. The van der Waals surface area contributed by atoms with Crippen LogP contribution in [-0.2, 0) is 16.3 Å². The summed E-state index contributed by atoms with van der Waals surface area (Å²) in [6.45, 7) is 0. The van der Waals surface area contributed by atoms with Crippen LogP contribution in [0.5, 0.6) is 0 Å². The van der Waals surface area contributed by atoms with Crippen LogP contribution in [0.2, 0.25) is 0 Å². The van der Waals surface area contributed by atoms with Crippen LogP contribution < -0.4 is 5.32 Å². The van der Waals surface area contributed by atoms with Crippen LogP contribution >= 0.6 is 11.6 Å². The molecule has 0 atom stereocenters. The predicted molar refractivity (Wildman–Crippen MR) is 71.6 cm³/mol. The second-order valence-corrected chi connectivity index (χ2v) is 6.26. The summed E-state index contributed by atoms with van der Waals surface area (Å²) >= 11 is 5.56. The molecule has 1 aromatic heterocycles. The van der Waals surface area contributed by atoms with Gasteiger partial charge in [0.1, 0.15) is 0 Å². The van der Waals surface area contributed by atoms with Crippen molar-refractivity contribution in [2.24, 2.45) is 0 Å². The summed E-state index contributed by atoms with van der Waals surface area (Å²) in [6, 6.07) is 6.51. The van der Waals surface area contributed by atoms with Crippen molar-refractivity contribution in [2.75, 3.05) is 17.5 Å². The summed E-state index contributed by atoms with van der Waals surface area (Å²) in [7, 11) is -3.19. The maximum absolute atomic E-state index is 11.3. The van der Waals surface area contributed by atoms with Gasteiger partial charge >= 0.3 is 6.01 Å². The Balaban J connectivity index is 2.10. The molecule has 0 aliphatic heterocycles. The smallest absolute Gasteiger partial charge is 0.320 e. The molecule has 0 saturated carbocycles. The lowest BCUT2D eigenvalue weighted by Gasteiger charge is -2.02. The van der Waals surface area contributed by atoms with Crippen molar-refractivity contribution in [3.63, 3.8) is 0 Å². The molecule has 0 spiro atoms. The number of sulfone groups is 1. The third-order valence-corrected chi connectivity index (χ3v) is 3.63. The molecular formula is C11H12ClN3O3S. The standard InChI is InChI=1S/C11H12ClN3O3S/c1-19(16,17)9-4-2-8(3-5-9)13-11-15-14-10(18-11)6-7-12/h2-5H,6-7H2,1H3,(H,13,15). The molecule has 0 radical (unpaired) electrons. The molecule has 0 unspecified atom stereocenters. The summed E-state index contributed by atoms with van der Waals surface area (Å²) in [5.41, 5.74) is 0.661. The number of benzene rings is 1. The lowest BCUT2D eigenvalue weighted by molar-refractivity contribution is 0.516. The number of aromatic nitrogens is 2. The minimum absolute atomic E-state index is 0.243. The second-order valence-electron chi connectivity index (χ2n) is 3.86. The molecule has 1 heterocycles. The van der Waals surface area contributed by atoms with Crippen molar-refractivity contribution in [1.29, 1.82) is 0 Å². The molecule has 0 aliphatic carbocycles. The molecule has 2 rings (SSSR count). The Kier molecular flexibility index (Phi) is 4.06. The first kappa shape index (κ1) is 13.8. The van der Waals surface area contributed by atoms with E-state index in [9.17, 15) is 8.42 Å². The molecule has 1 N–H and O–H groups in total. The molecule has 8 heteroatoms. The molecule has 2 aromatic rings. The van der Waals surface area contributed by atoms with E-state index in [1.165, 1.54) is 12.1 Å². The zero-order valence-electron chi connectivity index (χ0n) is 10.1. The van der Waals surface area contributed by atoms with Gasteiger partial charge in [0, 0.05) is 24.2 Å². The van der Waals surface area contributed by atoms with Crippen molar-refractivity contribution in [2.45, 2.75) is 11.3 Å². The van der Waals surface area contributed by atoms with E-state index < -0.39 is 9.84 Å². The van der Waals surface area contributed by atoms with E-state index in [4.69, 9.17) is 16.0 Å². The van der Waals surface area contributed by atoms with Gasteiger partial charge in [0.25, 0.3) is 0 Å². The molecule has 0 bridgehead atoms. The number of anilines is 2. The fourth-order valence-corrected chi connectivity index (χ4v) is 2.19. The van der Waals surface area contributed by atoms with Gasteiger partial charge in [0.05, 0.1) is 4.90 Å². The number of halogens is 1. The molecule has 102 valence electrons. The zero-order chi connectivity index (χ0) is 13.9. The van der Waals surface area contributed by atoms with Gasteiger partial charge in [0.15, 0.2) is 9.84 Å². The molecule has 0 amide bonds. The van der Waals surface area contributed by atoms with Crippen molar-refractivity contribution >= 4 is 33.1 Å². The van der Waals surface area contributed by atoms with E-state index in [-0.39, 0.29) is 10.9 Å². The minimum atomic E-state index is -3.19. The van der Waals surface area contributed by atoms with Crippen LogP contribution in [0.1, 0.15) is 5.89 Å². The van der Waals surface area contributed by atoms with Crippen molar-refractivity contribution in [3.8, 4) is 0 Å². The van der Waals surface area contributed by atoms with E-state index in [2.05, 4.69) is 15.5 Å². The van der Waals surface area contributed by atoms with Gasteiger partial charge in [-0.05, 0) is 24.3 Å². The van der Waals surface area contributed by atoms with Gasteiger partial charge in [0.2, 0.25) is 5.89 Å². The van der Waals surface area contributed by atoms with E-state index in [1.54, 1.807) is 12.1 Å². The SMILES string of the molecule is CS(=O)(=O)c1ccc(Nc2nnc(CCCl)o2)cc1. The Hall–Kier alpha value is -1.60. The Morgan fingerprint density at radius 2 is 1.95 bits per heavy atom. The lowest BCUT2D eigenvalue weighted by Crippen LogP contribution is -1.97. The largest absolute Gasteiger partial charge is 0.408 e. The van der Waals surface area contributed by atoms with Crippen LogP contribution in [-0.4, -0.2) is 30.8 Å². The molecule has 0 aliphatic rings. The highest BCUT2D eigenvalue weighted by molar-refractivity contribution is 7.90. The highest BCUT2D eigenvalue weighted by Crippen LogP contribution is 2.18. The van der Waals surface area contributed by atoms with Crippen LogP contribution in [0.4, 0.5) is 11.7 Å². The average molecular weight is 302 g/mol. The van der Waals surface area contributed by atoms with Gasteiger partial charge in [-0.2, -0.15) is 0 Å². The van der Waals surface area contributed by atoms with Crippen LogP contribution in [0.25, 0.3) is 0 Å². The minimum Gasteiger partial charge on any atom is -0.408 e. The monoisotopic (exact) mass is 301 g/mol. The highest BCUT2D eigenvalue weighted by Gasteiger charge is 2.08. The summed E-state index contributed by atoms with van der Waals surface area (Å²) in [5.74, 6) is 0.857. The molecule has 0 fully saturated rings. The Bertz CT molecular complexity index is 652. The van der Waals surface area contributed by atoms with Crippen LogP contribution in [0, 0.1) is 0 Å². The number of rotatable bonds is 5. The zero-order valence-corrected chi connectivity index (χ0v) is 11.7. The van der Waals surface area contributed by atoms with Crippen LogP contribution in [0.3, 0.4) is 0 Å². The molecule has 0 saturated heterocycles. The Morgan fingerprint density at radius 1 is 1.26 bits per heavy atom. The second kappa shape index (κ2) is 5.58. The summed E-state index contributed by atoms with van der Waals surface area (Å²) in [6.07, 6.45) is 1.66. The third kappa shape index (κ3) is 3.68. The summed E-state index contributed by atoms with van der Waals surface area (Å²) in [5, 5.41) is 10.5. The van der Waals surface area contributed by atoms with Crippen molar-refractivity contribution < 1.29 is 12.8 Å². The first-order chi connectivity index (χ1) is 8.99. The van der Waals surface area contributed by atoms with Gasteiger partial charge < -0.3 is 9.73 Å². The number of hydrogen-bond donors (Lipinski definition) is 1. The molecular weight excluding hydrogens is 290 g/mol. The van der Waals surface area contributed by atoms with Gasteiger partial charge in [-0.25, -0.2) is 8.42 Å². The predicted octanol–water partition coefficient (Wildman–Crippen LogP) is 2.00. The van der Waals surface area contributed by atoms with E-state index in [1.807, 2.05) is 0 Å². The fraction of sp³-hybridized carbons (Fsp3) is 0.273. The maximum atomic E-state index is 11.3. The lowest BCUT2D eigenvalue weighted by atomic mass is 10.3. The topological polar surface area (TPSA) is 85.1 Å². The van der Waals surface area contributed by atoms with Crippen molar-refractivity contribution in [3.05, 3.63) is 30.2 Å². The highest BCUT2D eigenvalue weighted by atomic mass is 35.5. The Morgan fingerprint density at radius 3 is 2.53 bits per heavy atom. The fourth-order valence-electron chi connectivity index (χ4n) is 1.39. The quantitative estimate of drug-likeness (QED) is 0.850. The normalized spacial score (nSPS) is 11.5. The maximum Gasteiger partial charge on any atom is 0.320 e. The van der Waals surface area contributed by atoms with Gasteiger partial charge in [-0.3, -0.25) is 0 Å². The molecule has 6 nitrogen and oxygen atoms in total. The van der Waals surface area contributed by atoms with E-state index in [0.717, 1.165) is 6.26 Å². The van der Waals surface area contributed by atoms with Crippen LogP contribution in [0.15, 0.2) is 33.6 Å². The average Bonchev–Trinajstić information content (AvgIpc) is 2.77. The number of aryl methyl sites for hydroxylation is 1. The first-order valence-electron chi connectivity index (χ1n) is 5.44. The number of nitrogens with one attached hydrogen (secondary N) is 1. The Labute approximate surface area is 115 Å². The van der Waals surface area contributed by atoms with Gasteiger partial charge in [-0.15, -0.1) is 16.7 Å². The number of alkyl halides is 1. The van der Waals surface area contributed by atoms with E-state index >= 15 is 0 Å². The van der Waals surface area contributed by atoms with Crippen molar-refractivity contribution in [1.82, 2.24) is 10.2 Å². The van der Waals surface area contributed by atoms with E-state index in [0.29, 0.717) is 23.9 Å². The number of hydrogen-bond acceptors (Lipinski definition) is 6. The number of nitrogens with zero attached hydrogens (tertiary/aromatic N) is 2. The summed E-state index contributed by atoms with van der Waals surface area (Å²) < 4.78 is 27.9. The first-order valence-corrected chi connectivity index (χ1v) is 7.87.